The van der Waals surface area contributed by atoms with Crippen molar-refractivity contribution < 1.29 is 40.4 Å². The summed E-state index contributed by atoms with van der Waals surface area (Å²) in [7, 11) is -3.38. The molecule has 12 heteroatoms. The molecule has 0 fully saturated rings. The minimum absolute atomic E-state index is 0.268. The molecule has 8 rings (SSSR count). The van der Waals surface area contributed by atoms with Crippen molar-refractivity contribution in [3.8, 4) is 62.8 Å². The van der Waals surface area contributed by atoms with E-state index < -0.39 is 10.1 Å². The number of hydrogen-bond acceptors (Lipinski definition) is 11. The predicted octanol–water partition coefficient (Wildman–Crippen LogP) is 6.83. The second-order valence-corrected chi connectivity index (χ2v) is 11.1. The Hall–Kier alpha value is -5.75. The SMILES string of the molecule is CS(=O)(=O)Oc1ccccc1.c1ccc(-c2ncc(-c3ccc4c(c3)OCO4)o2)cc1.c1ncc(-c2ccc3c(c2)OCO3)o1. The zero-order valence-corrected chi connectivity index (χ0v) is 24.7. The second kappa shape index (κ2) is 13.3. The molecule has 0 aliphatic carbocycles. The number of fused-ring (bicyclic) bond motifs is 2. The van der Waals surface area contributed by atoms with Crippen LogP contribution >= 0.6 is 0 Å². The Labute approximate surface area is 258 Å². The highest BCUT2D eigenvalue weighted by Gasteiger charge is 2.16. The molecule has 2 aromatic heterocycles. The van der Waals surface area contributed by atoms with Gasteiger partial charge in [-0.25, -0.2) is 9.97 Å². The first-order valence-corrected chi connectivity index (χ1v) is 15.4. The Balaban J connectivity index is 0.000000126. The van der Waals surface area contributed by atoms with Crippen LogP contribution in [0.1, 0.15) is 0 Å². The molecule has 0 spiro atoms. The van der Waals surface area contributed by atoms with Crippen LogP contribution in [-0.2, 0) is 10.1 Å². The average Bonchev–Trinajstić information content (AvgIpc) is 3.88. The van der Waals surface area contributed by atoms with Crippen LogP contribution in [-0.4, -0.2) is 38.2 Å². The number of ether oxygens (including phenoxy) is 4. The number of hydrogen-bond donors (Lipinski definition) is 0. The summed E-state index contributed by atoms with van der Waals surface area (Å²) < 4.78 is 57.8. The molecule has 0 atom stereocenters. The van der Waals surface area contributed by atoms with Crippen molar-refractivity contribution in [3.63, 3.8) is 0 Å². The standard InChI is InChI=1S/C16H11NO3.C10H7NO3.C7H8O3S/c1-2-4-11(5-3-1)16-17-9-15(20-16)12-6-7-13-14(8-12)19-10-18-13;1-2-8-9(14-6-13-8)3-7(1)10-4-11-5-12-10;1-11(8,9)10-7-5-3-2-4-6-7/h1-9H,10H2;1-5H,6H2;2-6H,1H3. The van der Waals surface area contributed by atoms with Crippen molar-refractivity contribution in [3.05, 3.63) is 116 Å². The highest BCUT2D eigenvalue weighted by molar-refractivity contribution is 7.86. The summed E-state index contributed by atoms with van der Waals surface area (Å²) in [6.07, 6.45) is 5.80. The van der Waals surface area contributed by atoms with Crippen molar-refractivity contribution in [2.75, 3.05) is 19.8 Å². The van der Waals surface area contributed by atoms with Crippen molar-refractivity contribution >= 4 is 10.1 Å². The Bertz CT molecular complexity index is 1960. The summed E-state index contributed by atoms with van der Waals surface area (Å²) in [6, 6.07) is 29.5. The van der Waals surface area contributed by atoms with Crippen molar-refractivity contribution in [2.45, 2.75) is 0 Å². The fourth-order valence-electron chi connectivity index (χ4n) is 4.23. The van der Waals surface area contributed by atoms with Crippen molar-refractivity contribution in [1.29, 1.82) is 0 Å². The summed E-state index contributed by atoms with van der Waals surface area (Å²) in [4.78, 5) is 8.17. The number of aromatic nitrogens is 2. The van der Waals surface area contributed by atoms with Gasteiger partial charge in [0.2, 0.25) is 19.5 Å². The number of para-hydroxylation sites is 1. The Morgan fingerprint density at radius 3 is 1.80 bits per heavy atom. The van der Waals surface area contributed by atoms with E-state index in [1.165, 1.54) is 6.39 Å². The van der Waals surface area contributed by atoms with E-state index in [4.69, 9.17) is 27.8 Å². The third-order valence-corrected chi connectivity index (χ3v) is 6.76. The smallest absolute Gasteiger partial charge is 0.306 e. The van der Waals surface area contributed by atoms with Crippen LogP contribution in [0.25, 0.3) is 34.1 Å². The van der Waals surface area contributed by atoms with Gasteiger partial charge in [0.05, 0.1) is 18.6 Å². The largest absolute Gasteiger partial charge is 0.454 e. The molecule has 0 unspecified atom stereocenters. The van der Waals surface area contributed by atoms with Gasteiger partial charge in [0.25, 0.3) is 0 Å². The topological polar surface area (TPSA) is 132 Å². The van der Waals surface area contributed by atoms with Gasteiger partial charge in [-0.3, -0.25) is 0 Å². The lowest BCUT2D eigenvalue weighted by atomic mass is 10.1. The number of oxazole rings is 2. The monoisotopic (exact) mass is 626 g/mol. The van der Waals surface area contributed by atoms with Crippen LogP contribution < -0.4 is 23.1 Å². The fourth-order valence-corrected chi connectivity index (χ4v) is 4.69. The lowest BCUT2D eigenvalue weighted by molar-refractivity contribution is 0.173. The quantitative estimate of drug-likeness (QED) is 0.186. The Morgan fingerprint density at radius 1 is 0.644 bits per heavy atom. The second-order valence-electron chi connectivity index (χ2n) is 9.50. The average molecular weight is 627 g/mol. The van der Waals surface area contributed by atoms with Gasteiger partial charge in [-0.15, -0.1) is 0 Å². The summed E-state index contributed by atoms with van der Waals surface area (Å²) in [5.41, 5.74) is 2.81. The molecule has 0 amide bonds. The maximum Gasteiger partial charge on any atom is 0.306 e. The lowest BCUT2D eigenvalue weighted by Gasteiger charge is -1.99. The van der Waals surface area contributed by atoms with Gasteiger partial charge < -0.3 is 32.0 Å². The summed E-state index contributed by atoms with van der Waals surface area (Å²) >= 11 is 0. The van der Waals surface area contributed by atoms with Crippen LogP contribution in [0.5, 0.6) is 28.7 Å². The van der Waals surface area contributed by atoms with Crippen LogP contribution in [0.4, 0.5) is 0 Å². The third kappa shape index (κ3) is 7.61. The lowest BCUT2D eigenvalue weighted by Crippen LogP contribution is -2.05. The molecule has 4 aromatic carbocycles. The number of rotatable bonds is 5. The van der Waals surface area contributed by atoms with E-state index >= 15 is 0 Å². The first-order chi connectivity index (χ1) is 21.9. The molecule has 0 radical (unpaired) electrons. The van der Waals surface area contributed by atoms with Gasteiger partial charge in [0, 0.05) is 16.7 Å². The van der Waals surface area contributed by atoms with Crippen LogP contribution in [0.2, 0.25) is 0 Å². The molecular weight excluding hydrogens is 600 g/mol. The predicted molar refractivity (Wildman–Crippen MR) is 163 cm³/mol. The fraction of sp³-hybridized carbons (Fsp3) is 0.0909. The van der Waals surface area contributed by atoms with Crippen LogP contribution in [0, 0.1) is 0 Å². The van der Waals surface area contributed by atoms with E-state index in [1.54, 1.807) is 42.7 Å². The first kappa shape index (κ1) is 29.3. The molecule has 2 aliphatic rings. The van der Waals surface area contributed by atoms with Crippen LogP contribution in [0.15, 0.2) is 125 Å². The highest BCUT2D eigenvalue weighted by atomic mass is 32.2. The maximum atomic E-state index is 10.6. The zero-order valence-electron chi connectivity index (χ0n) is 23.9. The van der Waals surface area contributed by atoms with E-state index in [2.05, 4.69) is 14.2 Å². The Morgan fingerprint density at radius 2 is 1.22 bits per heavy atom. The molecule has 11 nitrogen and oxygen atoms in total. The summed E-state index contributed by atoms with van der Waals surface area (Å²) in [5, 5.41) is 0. The molecular formula is C33H26N2O9S. The number of nitrogens with zero attached hydrogens (tertiary/aromatic N) is 2. The van der Waals surface area contributed by atoms with Gasteiger partial charge in [-0.2, -0.15) is 8.42 Å². The van der Waals surface area contributed by atoms with Crippen molar-refractivity contribution in [2.24, 2.45) is 0 Å². The van der Waals surface area contributed by atoms with E-state index in [1.807, 2.05) is 66.7 Å². The van der Waals surface area contributed by atoms with Crippen molar-refractivity contribution in [1.82, 2.24) is 9.97 Å². The van der Waals surface area contributed by atoms with Crippen LogP contribution in [0.3, 0.4) is 0 Å². The zero-order chi connectivity index (χ0) is 31.1. The first-order valence-electron chi connectivity index (χ1n) is 13.6. The van der Waals surface area contributed by atoms with E-state index in [9.17, 15) is 8.42 Å². The van der Waals surface area contributed by atoms with E-state index in [0.717, 1.165) is 51.7 Å². The normalized spacial score (nSPS) is 12.4. The van der Waals surface area contributed by atoms with Gasteiger partial charge in [-0.05, 0) is 60.7 Å². The minimum atomic E-state index is -3.38. The Kier molecular flexibility index (Phi) is 8.65. The molecule has 45 heavy (non-hydrogen) atoms. The maximum absolute atomic E-state index is 10.6. The molecule has 2 aliphatic heterocycles. The number of benzene rings is 4. The van der Waals surface area contributed by atoms with Gasteiger partial charge in [0.15, 0.2) is 40.9 Å². The highest BCUT2D eigenvalue weighted by Crippen LogP contribution is 2.37. The third-order valence-electron chi connectivity index (χ3n) is 6.26. The summed E-state index contributed by atoms with van der Waals surface area (Å²) in [5.74, 6) is 5.41. The molecule has 0 saturated carbocycles. The van der Waals surface area contributed by atoms with Gasteiger partial charge >= 0.3 is 10.1 Å². The van der Waals surface area contributed by atoms with E-state index in [0.29, 0.717) is 17.4 Å². The molecule has 4 heterocycles. The summed E-state index contributed by atoms with van der Waals surface area (Å²) in [6.45, 7) is 0.555. The minimum Gasteiger partial charge on any atom is -0.454 e. The van der Waals surface area contributed by atoms with E-state index in [-0.39, 0.29) is 13.6 Å². The van der Waals surface area contributed by atoms with Gasteiger partial charge in [0.1, 0.15) is 5.75 Å². The molecule has 0 saturated heterocycles. The van der Waals surface area contributed by atoms with Gasteiger partial charge in [-0.1, -0.05) is 36.4 Å². The molecule has 228 valence electrons. The molecule has 6 aromatic rings. The molecule has 0 bridgehead atoms. The molecule has 0 N–H and O–H groups in total.